The van der Waals surface area contributed by atoms with Crippen LogP contribution in [0.2, 0.25) is 0 Å². The number of rotatable bonds is 6. The first-order valence-electron chi connectivity index (χ1n) is 6.27. The van der Waals surface area contributed by atoms with E-state index in [4.69, 9.17) is 14.2 Å². The second-order valence-corrected chi connectivity index (χ2v) is 3.99. The maximum Gasteiger partial charge on any atom is 0.322 e. The molecular weight excluding hydrogens is 290 g/mol. The Labute approximate surface area is 126 Å². The van der Waals surface area contributed by atoms with Crippen LogP contribution in [-0.4, -0.2) is 47.2 Å². The van der Waals surface area contributed by atoms with Crippen LogP contribution in [0, 0.1) is 0 Å². The fourth-order valence-corrected chi connectivity index (χ4v) is 1.56. The first kappa shape index (κ1) is 15.4. The summed E-state index contributed by atoms with van der Waals surface area (Å²) in [5.41, 5.74) is 0.417. The summed E-state index contributed by atoms with van der Waals surface area (Å²) < 4.78 is 14.8. The molecule has 0 aliphatic rings. The van der Waals surface area contributed by atoms with Crippen LogP contribution in [0.25, 0.3) is 0 Å². The molecule has 2 heterocycles. The number of pyridine rings is 1. The van der Waals surface area contributed by atoms with Crippen molar-refractivity contribution >= 4 is 5.91 Å². The van der Waals surface area contributed by atoms with Crippen molar-refractivity contribution in [2.45, 2.75) is 6.54 Å². The molecule has 0 spiro atoms. The minimum absolute atomic E-state index is 0.0959. The van der Waals surface area contributed by atoms with Crippen molar-refractivity contribution in [2.24, 2.45) is 0 Å². The molecule has 0 bridgehead atoms. The van der Waals surface area contributed by atoms with E-state index in [1.807, 2.05) is 0 Å². The lowest BCUT2D eigenvalue weighted by atomic mass is 10.2. The molecule has 22 heavy (non-hydrogen) atoms. The highest BCUT2D eigenvalue weighted by molar-refractivity contribution is 5.94. The van der Waals surface area contributed by atoms with E-state index in [0.717, 1.165) is 0 Å². The lowest BCUT2D eigenvalue weighted by molar-refractivity contribution is 0.0949. The average molecular weight is 305 g/mol. The fourth-order valence-electron chi connectivity index (χ4n) is 1.56. The Balaban J connectivity index is 2.07. The van der Waals surface area contributed by atoms with Gasteiger partial charge >= 0.3 is 12.0 Å². The molecule has 0 radical (unpaired) electrons. The van der Waals surface area contributed by atoms with Crippen molar-refractivity contribution in [3.63, 3.8) is 0 Å². The SMILES string of the molecule is COc1cc(C(=O)NCc2nc(OC)nc(OC)n2)ccn1. The number of carbonyl (C=O) groups excluding carboxylic acids is 1. The lowest BCUT2D eigenvalue weighted by Gasteiger charge is -2.07. The third-order valence-electron chi connectivity index (χ3n) is 2.62. The van der Waals surface area contributed by atoms with Crippen molar-refractivity contribution in [3.8, 4) is 17.9 Å². The van der Waals surface area contributed by atoms with Crippen LogP contribution in [0.5, 0.6) is 17.9 Å². The molecule has 9 nitrogen and oxygen atoms in total. The number of hydrogen-bond acceptors (Lipinski definition) is 8. The van der Waals surface area contributed by atoms with Gasteiger partial charge in [-0.1, -0.05) is 0 Å². The lowest BCUT2D eigenvalue weighted by Crippen LogP contribution is -2.24. The maximum absolute atomic E-state index is 12.1. The Kier molecular flexibility index (Phi) is 5.02. The molecule has 1 N–H and O–H groups in total. The van der Waals surface area contributed by atoms with Crippen LogP contribution in [0.15, 0.2) is 18.3 Å². The number of aromatic nitrogens is 4. The molecule has 0 aliphatic heterocycles. The van der Waals surface area contributed by atoms with E-state index in [-0.39, 0.29) is 24.5 Å². The van der Waals surface area contributed by atoms with Crippen molar-refractivity contribution < 1.29 is 19.0 Å². The second-order valence-electron chi connectivity index (χ2n) is 3.99. The summed E-state index contributed by atoms with van der Waals surface area (Å²) in [5, 5.41) is 2.68. The minimum Gasteiger partial charge on any atom is -0.481 e. The number of amides is 1. The maximum atomic E-state index is 12.1. The topological polar surface area (TPSA) is 108 Å². The highest BCUT2D eigenvalue weighted by Crippen LogP contribution is 2.10. The summed E-state index contributed by atoms with van der Waals surface area (Å²) in [6, 6.07) is 3.33. The molecular formula is C13H15N5O4. The van der Waals surface area contributed by atoms with E-state index in [2.05, 4.69) is 25.3 Å². The molecule has 0 aromatic carbocycles. The predicted molar refractivity (Wildman–Crippen MR) is 74.9 cm³/mol. The third-order valence-corrected chi connectivity index (χ3v) is 2.62. The molecule has 0 aliphatic carbocycles. The molecule has 0 atom stereocenters. The number of nitrogens with one attached hydrogen (secondary N) is 1. The van der Waals surface area contributed by atoms with Gasteiger partial charge < -0.3 is 19.5 Å². The standard InChI is InChI=1S/C13H15N5O4/c1-20-10-6-8(4-5-14-10)11(19)15-7-9-16-12(21-2)18-13(17-9)22-3/h4-6H,7H2,1-3H3,(H,15,19). The van der Waals surface area contributed by atoms with Crippen LogP contribution in [0.1, 0.15) is 16.2 Å². The quantitative estimate of drug-likeness (QED) is 0.807. The normalized spacial score (nSPS) is 9.95. The highest BCUT2D eigenvalue weighted by Gasteiger charge is 2.11. The van der Waals surface area contributed by atoms with Gasteiger partial charge in [-0.15, -0.1) is 4.98 Å². The van der Waals surface area contributed by atoms with Crippen LogP contribution < -0.4 is 19.5 Å². The Morgan fingerprint density at radius 1 is 1.09 bits per heavy atom. The highest BCUT2D eigenvalue weighted by atomic mass is 16.5. The minimum atomic E-state index is -0.306. The van der Waals surface area contributed by atoms with Gasteiger partial charge in [-0.25, -0.2) is 4.98 Å². The third kappa shape index (κ3) is 3.78. The zero-order chi connectivity index (χ0) is 15.9. The van der Waals surface area contributed by atoms with Gasteiger partial charge in [-0.05, 0) is 6.07 Å². The summed E-state index contributed by atoms with van der Waals surface area (Å²) in [7, 11) is 4.34. The van der Waals surface area contributed by atoms with E-state index < -0.39 is 0 Å². The molecule has 2 rings (SSSR count). The molecule has 116 valence electrons. The molecule has 2 aromatic rings. The van der Waals surface area contributed by atoms with Crippen LogP contribution in [0.3, 0.4) is 0 Å². The molecule has 0 unspecified atom stereocenters. The molecule has 0 saturated carbocycles. The van der Waals surface area contributed by atoms with E-state index in [9.17, 15) is 4.79 Å². The second kappa shape index (κ2) is 7.16. The van der Waals surface area contributed by atoms with Crippen molar-refractivity contribution in [1.29, 1.82) is 0 Å². The number of ether oxygens (including phenoxy) is 3. The van der Waals surface area contributed by atoms with Crippen LogP contribution in [-0.2, 0) is 6.54 Å². The summed E-state index contributed by atoms with van der Waals surface area (Å²) in [6.45, 7) is 0.0959. The summed E-state index contributed by atoms with van der Waals surface area (Å²) in [4.78, 5) is 27.9. The van der Waals surface area contributed by atoms with Gasteiger partial charge in [-0.2, -0.15) is 9.97 Å². The first-order chi connectivity index (χ1) is 10.7. The van der Waals surface area contributed by atoms with Gasteiger partial charge in [-0.3, -0.25) is 4.79 Å². The van der Waals surface area contributed by atoms with Crippen LogP contribution >= 0.6 is 0 Å². The number of nitrogens with zero attached hydrogens (tertiary/aromatic N) is 4. The zero-order valence-electron chi connectivity index (χ0n) is 12.4. The molecule has 2 aromatic heterocycles. The van der Waals surface area contributed by atoms with E-state index in [0.29, 0.717) is 17.3 Å². The fraction of sp³-hybridized carbons (Fsp3) is 0.308. The van der Waals surface area contributed by atoms with Crippen LogP contribution in [0.4, 0.5) is 0 Å². The molecule has 9 heteroatoms. The number of methoxy groups -OCH3 is 3. The molecule has 0 saturated heterocycles. The van der Waals surface area contributed by atoms with Crippen molar-refractivity contribution in [3.05, 3.63) is 29.7 Å². The van der Waals surface area contributed by atoms with E-state index >= 15 is 0 Å². The average Bonchev–Trinajstić information content (AvgIpc) is 2.59. The van der Waals surface area contributed by atoms with Gasteiger partial charge in [0, 0.05) is 17.8 Å². The Hall–Kier alpha value is -2.97. The zero-order valence-corrected chi connectivity index (χ0v) is 12.4. The van der Waals surface area contributed by atoms with E-state index in [1.165, 1.54) is 33.6 Å². The van der Waals surface area contributed by atoms with Crippen molar-refractivity contribution in [1.82, 2.24) is 25.3 Å². The van der Waals surface area contributed by atoms with Gasteiger partial charge in [0.2, 0.25) is 5.88 Å². The Morgan fingerprint density at radius 3 is 2.36 bits per heavy atom. The molecule has 0 fully saturated rings. The summed E-state index contributed by atoms with van der Waals surface area (Å²) >= 11 is 0. The Morgan fingerprint density at radius 2 is 1.77 bits per heavy atom. The predicted octanol–water partition coefficient (Wildman–Crippen LogP) is 0.222. The smallest absolute Gasteiger partial charge is 0.322 e. The summed E-state index contributed by atoms with van der Waals surface area (Å²) in [6.07, 6.45) is 1.49. The largest absolute Gasteiger partial charge is 0.481 e. The number of carbonyl (C=O) groups is 1. The molecule has 1 amide bonds. The first-order valence-corrected chi connectivity index (χ1v) is 6.27. The van der Waals surface area contributed by atoms with Gasteiger partial charge in [0.05, 0.1) is 27.9 Å². The van der Waals surface area contributed by atoms with E-state index in [1.54, 1.807) is 6.07 Å². The van der Waals surface area contributed by atoms with Gasteiger partial charge in [0.15, 0.2) is 5.82 Å². The van der Waals surface area contributed by atoms with Crippen molar-refractivity contribution in [2.75, 3.05) is 21.3 Å². The van der Waals surface area contributed by atoms with Gasteiger partial charge in [0.1, 0.15) is 0 Å². The monoisotopic (exact) mass is 305 g/mol. The number of hydrogen-bond donors (Lipinski definition) is 1. The van der Waals surface area contributed by atoms with Gasteiger partial charge in [0.25, 0.3) is 5.91 Å². The summed E-state index contributed by atoms with van der Waals surface area (Å²) in [5.74, 6) is 0.369. The Bertz CT molecular complexity index is 642.